The summed E-state index contributed by atoms with van der Waals surface area (Å²) >= 11 is 0. The molecule has 24 heavy (non-hydrogen) atoms. The van der Waals surface area contributed by atoms with E-state index in [0.717, 1.165) is 48.9 Å². The van der Waals surface area contributed by atoms with Crippen molar-refractivity contribution in [3.8, 4) is 0 Å². The molecule has 4 rings (SSSR count). The van der Waals surface area contributed by atoms with Gasteiger partial charge in [-0.2, -0.15) is 15.2 Å². The van der Waals surface area contributed by atoms with Crippen LogP contribution >= 0.6 is 0 Å². The van der Waals surface area contributed by atoms with Crippen molar-refractivity contribution >= 4 is 22.7 Å². The van der Waals surface area contributed by atoms with Crippen LogP contribution in [-0.2, 0) is 13.6 Å². The molecule has 8 nitrogen and oxygen atoms in total. The molecule has 3 heterocycles. The van der Waals surface area contributed by atoms with Gasteiger partial charge in [-0.05, 0) is 31.6 Å². The van der Waals surface area contributed by atoms with Crippen molar-refractivity contribution in [3.05, 3.63) is 24.8 Å². The van der Waals surface area contributed by atoms with E-state index in [-0.39, 0.29) is 0 Å². The van der Waals surface area contributed by atoms with Gasteiger partial charge in [-0.3, -0.25) is 4.68 Å². The molecule has 0 spiro atoms. The van der Waals surface area contributed by atoms with Crippen molar-refractivity contribution in [2.24, 2.45) is 18.7 Å². The highest BCUT2D eigenvalue weighted by Crippen LogP contribution is 2.25. The zero-order valence-electron chi connectivity index (χ0n) is 13.8. The molecule has 0 aromatic carbocycles. The summed E-state index contributed by atoms with van der Waals surface area (Å²) < 4.78 is 3.73. The number of hydrogen-bond acceptors (Lipinski definition) is 6. The van der Waals surface area contributed by atoms with E-state index in [9.17, 15) is 0 Å². The lowest BCUT2D eigenvalue weighted by molar-refractivity contribution is 0.288. The molecule has 0 atom stereocenters. The maximum atomic E-state index is 6.00. The maximum absolute atomic E-state index is 6.00. The third kappa shape index (κ3) is 3.09. The summed E-state index contributed by atoms with van der Waals surface area (Å²) in [6.07, 6.45) is 11.8. The number of hydrogen-bond donors (Lipinski definition) is 2. The van der Waals surface area contributed by atoms with Crippen molar-refractivity contribution in [3.63, 3.8) is 0 Å². The Morgan fingerprint density at radius 1 is 1.17 bits per heavy atom. The Morgan fingerprint density at radius 2 is 2.00 bits per heavy atom. The van der Waals surface area contributed by atoms with Gasteiger partial charge in [0.15, 0.2) is 5.65 Å². The number of fused-ring (bicyclic) bond motifs is 1. The van der Waals surface area contributed by atoms with E-state index in [2.05, 4.69) is 25.5 Å². The lowest BCUT2D eigenvalue weighted by Gasteiger charge is -2.25. The summed E-state index contributed by atoms with van der Waals surface area (Å²) in [5.74, 6) is 1.18. The number of nitrogens with one attached hydrogen (secondary N) is 1. The fraction of sp³-hybridized carbons (Fsp3) is 0.500. The van der Waals surface area contributed by atoms with Gasteiger partial charge in [0.05, 0.1) is 23.5 Å². The van der Waals surface area contributed by atoms with Crippen LogP contribution in [0, 0.1) is 5.92 Å². The van der Waals surface area contributed by atoms with E-state index < -0.39 is 0 Å². The van der Waals surface area contributed by atoms with Gasteiger partial charge >= 0.3 is 0 Å². The molecular weight excluding hydrogens is 304 g/mol. The monoisotopic (exact) mass is 326 g/mol. The van der Waals surface area contributed by atoms with Crippen LogP contribution in [0.1, 0.15) is 25.7 Å². The second-order valence-corrected chi connectivity index (χ2v) is 6.61. The summed E-state index contributed by atoms with van der Waals surface area (Å²) in [6.45, 7) is 0.888. The van der Waals surface area contributed by atoms with Gasteiger partial charge in [0, 0.05) is 32.0 Å². The Labute approximate surface area is 140 Å². The lowest BCUT2D eigenvalue weighted by atomic mass is 9.86. The Bertz CT molecular complexity index is 828. The SMILES string of the molecule is Cn1cc(Nc2ncc3cnn(C[C@H]4CC[C@H](N)CC4)c3n2)cn1. The average Bonchev–Trinajstić information content (AvgIpc) is 3.16. The minimum absolute atomic E-state index is 0.369. The first-order chi connectivity index (χ1) is 11.7. The Balaban J connectivity index is 1.54. The summed E-state index contributed by atoms with van der Waals surface area (Å²) in [5.41, 5.74) is 7.73. The van der Waals surface area contributed by atoms with E-state index in [4.69, 9.17) is 5.73 Å². The third-order valence-electron chi connectivity index (χ3n) is 4.66. The summed E-state index contributed by atoms with van der Waals surface area (Å²) in [7, 11) is 1.88. The first-order valence-corrected chi connectivity index (χ1v) is 8.37. The number of nitrogens with zero attached hydrogens (tertiary/aromatic N) is 6. The van der Waals surface area contributed by atoms with Crippen molar-refractivity contribution in [1.82, 2.24) is 29.5 Å². The Hall–Kier alpha value is -2.48. The fourth-order valence-corrected chi connectivity index (χ4v) is 3.29. The molecular formula is C16H22N8. The molecule has 126 valence electrons. The number of rotatable bonds is 4. The number of anilines is 2. The van der Waals surface area contributed by atoms with Crippen LogP contribution in [0.3, 0.4) is 0 Å². The van der Waals surface area contributed by atoms with Crippen LogP contribution in [0.5, 0.6) is 0 Å². The minimum atomic E-state index is 0.369. The first kappa shape index (κ1) is 15.1. The van der Waals surface area contributed by atoms with E-state index in [1.54, 1.807) is 17.1 Å². The average molecular weight is 326 g/mol. The zero-order valence-corrected chi connectivity index (χ0v) is 13.8. The Morgan fingerprint density at radius 3 is 2.75 bits per heavy atom. The molecule has 0 radical (unpaired) electrons. The van der Waals surface area contributed by atoms with Crippen LogP contribution in [-0.4, -0.2) is 35.6 Å². The second kappa shape index (κ2) is 6.20. The van der Waals surface area contributed by atoms with Crippen molar-refractivity contribution in [2.45, 2.75) is 38.3 Å². The standard InChI is InChI=1S/C16H22N8/c1-23-10-14(8-19-23)21-16-18-6-12-7-20-24(15(12)22-16)9-11-2-4-13(17)5-3-11/h6-8,10-11,13H,2-5,9,17H2,1H3,(H,18,21,22)/t11-,13-. The van der Waals surface area contributed by atoms with Crippen LogP contribution in [0.2, 0.25) is 0 Å². The highest BCUT2D eigenvalue weighted by atomic mass is 15.3. The highest BCUT2D eigenvalue weighted by molar-refractivity contribution is 5.75. The second-order valence-electron chi connectivity index (χ2n) is 6.61. The smallest absolute Gasteiger partial charge is 0.229 e. The predicted molar refractivity (Wildman–Crippen MR) is 91.7 cm³/mol. The van der Waals surface area contributed by atoms with Crippen molar-refractivity contribution < 1.29 is 0 Å². The summed E-state index contributed by atoms with van der Waals surface area (Å²) in [4.78, 5) is 8.99. The topological polar surface area (TPSA) is 99.5 Å². The Kier molecular flexibility index (Phi) is 3.89. The number of aromatic nitrogens is 6. The van der Waals surface area contributed by atoms with Gasteiger partial charge in [-0.1, -0.05) is 0 Å². The van der Waals surface area contributed by atoms with Gasteiger partial charge in [-0.25, -0.2) is 9.67 Å². The third-order valence-corrected chi connectivity index (χ3v) is 4.66. The summed E-state index contributed by atoms with van der Waals surface area (Å²) in [5, 5.41) is 12.8. The van der Waals surface area contributed by atoms with Crippen molar-refractivity contribution in [1.29, 1.82) is 0 Å². The van der Waals surface area contributed by atoms with Gasteiger partial charge in [0.2, 0.25) is 5.95 Å². The van der Waals surface area contributed by atoms with Crippen LogP contribution in [0.4, 0.5) is 11.6 Å². The predicted octanol–water partition coefficient (Wildman–Crippen LogP) is 1.82. The van der Waals surface area contributed by atoms with Crippen LogP contribution < -0.4 is 11.1 Å². The molecule has 1 aliphatic rings. The minimum Gasteiger partial charge on any atom is -0.328 e. The van der Waals surface area contributed by atoms with E-state index in [1.807, 2.05) is 24.1 Å². The molecule has 1 fully saturated rings. The molecule has 1 aliphatic carbocycles. The van der Waals surface area contributed by atoms with Gasteiger partial charge in [0.25, 0.3) is 0 Å². The molecule has 0 unspecified atom stereocenters. The molecule has 0 aliphatic heterocycles. The molecule has 3 aromatic rings. The molecule has 3 aromatic heterocycles. The van der Waals surface area contributed by atoms with Gasteiger partial charge in [0.1, 0.15) is 0 Å². The lowest BCUT2D eigenvalue weighted by Crippen LogP contribution is -2.28. The normalized spacial score (nSPS) is 21.2. The fourth-order valence-electron chi connectivity index (χ4n) is 3.29. The maximum Gasteiger partial charge on any atom is 0.229 e. The highest BCUT2D eigenvalue weighted by Gasteiger charge is 2.20. The van der Waals surface area contributed by atoms with Gasteiger partial charge in [-0.15, -0.1) is 0 Å². The molecule has 0 saturated heterocycles. The van der Waals surface area contributed by atoms with Crippen LogP contribution in [0.15, 0.2) is 24.8 Å². The number of nitrogens with two attached hydrogens (primary N) is 1. The number of aryl methyl sites for hydroxylation is 1. The van der Waals surface area contributed by atoms with Crippen molar-refractivity contribution in [2.75, 3.05) is 5.32 Å². The molecule has 8 heteroatoms. The molecule has 0 amide bonds. The molecule has 1 saturated carbocycles. The molecule has 0 bridgehead atoms. The van der Waals surface area contributed by atoms with E-state index in [1.165, 1.54) is 0 Å². The summed E-state index contributed by atoms with van der Waals surface area (Å²) in [6, 6.07) is 0.369. The largest absolute Gasteiger partial charge is 0.328 e. The van der Waals surface area contributed by atoms with Gasteiger partial charge < -0.3 is 11.1 Å². The first-order valence-electron chi connectivity index (χ1n) is 8.37. The quantitative estimate of drug-likeness (QED) is 0.758. The molecule has 3 N–H and O–H groups in total. The van der Waals surface area contributed by atoms with E-state index >= 15 is 0 Å². The zero-order chi connectivity index (χ0) is 16.5. The van der Waals surface area contributed by atoms with Crippen LogP contribution in [0.25, 0.3) is 11.0 Å². The van der Waals surface area contributed by atoms with E-state index in [0.29, 0.717) is 17.9 Å².